The van der Waals surface area contributed by atoms with Crippen LogP contribution >= 0.6 is 0 Å². The number of fused-ring (bicyclic) bond motifs is 1. The number of ether oxygens (including phenoxy) is 7. The zero-order chi connectivity index (χ0) is 27.9. The van der Waals surface area contributed by atoms with Crippen molar-refractivity contribution in [1.82, 2.24) is 0 Å². The number of benzene rings is 4. The second kappa shape index (κ2) is 12.6. The summed E-state index contributed by atoms with van der Waals surface area (Å²) in [4.78, 5) is 0. The van der Waals surface area contributed by atoms with Gasteiger partial charge in [-0.25, -0.2) is 0 Å². The summed E-state index contributed by atoms with van der Waals surface area (Å²) < 4.78 is 39.4. The van der Waals surface area contributed by atoms with Gasteiger partial charge in [-0.1, -0.05) is 24.3 Å². The standard InChI is InChI=1S/C33H34O7/c1-34-27-7-5-6-23(16-27)10-13-25-19-30(29(36-3)20-28(25)35-2)40-26-14-11-22(12-15-26)8-9-24-17-31(37-4)33-32(18-24)38-21-39-33/h5-7,11-12,14-20H,8-10,13,21H2,1-4H3. The SMILES string of the molecule is COc1cccc(CCc2cc(Oc3ccc(CCc4cc(OC)c5c(c4)OCO5)cc3)c(OC)cc2OC)c1. The second-order valence-corrected chi connectivity index (χ2v) is 9.44. The summed E-state index contributed by atoms with van der Waals surface area (Å²) in [5.41, 5.74) is 4.56. The Balaban J connectivity index is 1.26. The summed E-state index contributed by atoms with van der Waals surface area (Å²) in [5.74, 6) is 5.71. The quantitative estimate of drug-likeness (QED) is 0.195. The maximum absolute atomic E-state index is 6.28. The molecule has 0 N–H and O–H groups in total. The van der Waals surface area contributed by atoms with Crippen LogP contribution in [0.1, 0.15) is 22.3 Å². The van der Waals surface area contributed by atoms with Crippen LogP contribution in [0.25, 0.3) is 0 Å². The molecule has 1 heterocycles. The fourth-order valence-corrected chi connectivity index (χ4v) is 4.78. The minimum absolute atomic E-state index is 0.222. The van der Waals surface area contributed by atoms with Crippen LogP contribution in [0.15, 0.2) is 72.8 Å². The number of aryl methyl sites for hydroxylation is 4. The van der Waals surface area contributed by atoms with E-state index in [1.165, 1.54) is 11.1 Å². The summed E-state index contributed by atoms with van der Waals surface area (Å²) in [7, 11) is 6.62. The molecule has 208 valence electrons. The monoisotopic (exact) mass is 542 g/mol. The van der Waals surface area contributed by atoms with Crippen LogP contribution in [0, 0.1) is 0 Å². The van der Waals surface area contributed by atoms with Gasteiger partial charge in [0, 0.05) is 6.07 Å². The topological polar surface area (TPSA) is 64.6 Å². The van der Waals surface area contributed by atoms with Crippen LogP contribution < -0.4 is 33.2 Å². The van der Waals surface area contributed by atoms with Crippen molar-refractivity contribution in [3.05, 3.63) is 95.1 Å². The summed E-state index contributed by atoms with van der Waals surface area (Å²) in [5, 5.41) is 0. The molecule has 0 saturated heterocycles. The lowest BCUT2D eigenvalue weighted by Gasteiger charge is -2.16. The van der Waals surface area contributed by atoms with Gasteiger partial charge in [-0.3, -0.25) is 0 Å². The van der Waals surface area contributed by atoms with E-state index < -0.39 is 0 Å². The minimum Gasteiger partial charge on any atom is -0.497 e. The predicted molar refractivity (Wildman–Crippen MR) is 153 cm³/mol. The van der Waals surface area contributed by atoms with Gasteiger partial charge in [0.1, 0.15) is 17.2 Å². The summed E-state index contributed by atoms with van der Waals surface area (Å²) in [6.45, 7) is 0.222. The van der Waals surface area contributed by atoms with Crippen molar-refractivity contribution >= 4 is 0 Å². The molecule has 7 heteroatoms. The van der Waals surface area contributed by atoms with E-state index in [4.69, 9.17) is 33.2 Å². The van der Waals surface area contributed by atoms with E-state index in [0.29, 0.717) is 23.0 Å². The van der Waals surface area contributed by atoms with Crippen LogP contribution in [0.4, 0.5) is 0 Å². The minimum atomic E-state index is 0.222. The van der Waals surface area contributed by atoms with Crippen LogP contribution in [-0.4, -0.2) is 35.2 Å². The third-order valence-corrected chi connectivity index (χ3v) is 6.96. The van der Waals surface area contributed by atoms with Gasteiger partial charge in [-0.2, -0.15) is 0 Å². The number of rotatable bonds is 12. The van der Waals surface area contributed by atoms with E-state index >= 15 is 0 Å². The molecule has 0 bridgehead atoms. The molecule has 0 fully saturated rings. The second-order valence-electron chi connectivity index (χ2n) is 9.44. The molecule has 0 saturated carbocycles. The molecule has 4 aromatic carbocycles. The summed E-state index contributed by atoms with van der Waals surface area (Å²) in [6, 6.07) is 24.1. The summed E-state index contributed by atoms with van der Waals surface area (Å²) >= 11 is 0. The molecule has 0 amide bonds. The number of hydrogen-bond acceptors (Lipinski definition) is 7. The van der Waals surface area contributed by atoms with E-state index in [2.05, 4.69) is 24.3 Å². The van der Waals surface area contributed by atoms with Crippen LogP contribution in [0.5, 0.6) is 46.0 Å². The first-order valence-corrected chi connectivity index (χ1v) is 13.2. The van der Waals surface area contributed by atoms with Gasteiger partial charge in [-0.15, -0.1) is 0 Å². The molecule has 0 aliphatic carbocycles. The zero-order valence-corrected chi connectivity index (χ0v) is 23.3. The Hall–Kier alpha value is -4.52. The third kappa shape index (κ3) is 6.20. The largest absolute Gasteiger partial charge is 0.497 e. The highest BCUT2D eigenvalue weighted by Gasteiger charge is 2.20. The van der Waals surface area contributed by atoms with Gasteiger partial charge in [0.05, 0.1) is 28.4 Å². The summed E-state index contributed by atoms with van der Waals surface area (Å²) in [6.07, 6.45) is 3.32. The lowest BCUT2D eigenvalue weighted by Crippen LogP contribution is -1.99. The Labute approximate surface area is 235 Å². The highest BCUT2D eigenvalue weighted by atomic mass is 16.7. The third-order valence-electron chi connectivity index (χ3n) is 6.96. The van der Waals surface area contributed by atoms with Crippen molar-refractivity contribution < 1.29 is 33.2 Å². The number of hydrogen-bond donors (Lipinski definition) is 0. The van der Waals surface area contributed by atoms with Gasteiger partial charge in [0.2, 0.25) is 12.5 Å². The molecule has 1 aliphatic heterocycles. The molecule has 0 spiro atoms. The number of methoxy groups -OCH3 is 4. The van der Waals surface area contributed by atoms with Gasteiger partial charge < -0.3 is 33.2 Å². The molecule has 40 heavy (non-hydrogen) atoms. The lowest BCUT2D eigenvalue weighted by molar-refractivity contribution is 0.171. The van der Waals surface area contributed by atoms with Gasteiger partial charge in [0.25, 0.3) is 0 Å². The average molecular weight is 543 g/mol. The maximum atomic E-state index is 6.28. The Morgan fingerprint density at radius 2 is 1.30 bits per heavy atom. The van der Waals surface area contributed by atoms with Gasteiger partial charge >= 0.3 is 0 Å². The first-order chi connectivity index (χ1) is 19.6. The molecule has 7 nitrogen and oxygen atoms in total. The maximum Gasteiger partial charge on any atom is 0.231 e. The van der Waals surface area contributed by atoms with E-state index in [0.717, 1.165) is 59.8 Å². The normalized spacial score (nSPS) is 11.7. The highest BCUT2D eigenvalue weighted by Crippen LogP contribution is 2.42. The first-order valence-electron chi connectivity index (χ1n) is 13.2. The first kappa shape index (κ1) is 27.1. The van der Waals surface area contributed by atoms with Crippen LogP contribution in [0.3, 0.4) is 0 Å². The van der Waals surface area contributed by atoms with E-state index in [9.17, 15) is 0 Å². The lowest BCUT2D eigenvalue weighted by atomic mass is 10.0. The molecule has 1 aliphatic rings. The van der Waals surface area contributed by atoms with Crippen molar-refractivity contribution in [2.75, 3.05) is 35.2 Å². The molecule has 4 aromatic rings. The molecule has 0 radical (unpaired) electrons. The van der Waals surface area contributed by atoms with Crippen LogP contribution in [-0.2, 0) is 25.7 Å². The molecular weight excluding hydrogens is 508 g/mol. The van der Waals surface area contributed by atoms with E-state index in [-0.39, 0.29) is 6.79 Å². The van der Waals surface area contributed by atoms with Crippen molar-refractivity contribution in [3.63, 3.8) is 0 Å². The Bertz CT molecular complexity index is 1450. The highest BCUT2D eigenvalue weighted by molar-refractivity contribution is 5.55. The molecule has 0 unspecified atom stereocenters. The fraction of sp³-hybridized carbons (Fsp3) is 0.273. The molecule has 5 rings (SSSR count). The van der Waals surface area contributed by atoms with Gasteiger partial charge in [-0.05, 0) is 90.4 Å². The van der Waals surface area contributed by atoms with Crippen molar-refractivity contribution in [2.24, 2.45) is 0 Å². The van der Waals surface area contributed by atoms with E-state index in [1.54, 1.807) is 28.4 Å². The van der Waals surface area contributed by atoms with E-state index in [1.807, 2.05) is 48.5 Å². The Kier molecular flexibility index (Phi) is 8.50. The Morgan fingerprint density at radius 3 is 2.05 bits per heavy atom. The molecule has 0 atom stereocenters. The van der Waals surface area contributed by atoms with Crippen molar-refractivity contribution in [1.29, 1.82) is 0 Å². The molecule has 0 aromatic heterocycles. The van der Waals surface area contributed by atoms with Crippen molar-refractivity contribution in [2.45, 2.75) is 25.7 Å². The van der Waals surface area contributed by atoms with Crippen LogP contribution in [0.2, 0.25) is 0 Å². The average Bonchev–Trinajstić information content (AvgIpc) is 3.48. The molecular formula is C33H34O7. The van der Waals surface area contributed by atoms with Crippen molar-refractivity contribution in [3.8, 4) is 46.0 Å². The fourth-order valence-electron chi connectivity index (χ4n) is 4.78. The predicted octanol–water partition coefficient (Wildman–Crippen LogP) is 6.81. The zero-order valence-electron chi connectivity index (χ0n) is 23.3. The smallest absolute Gasteiger partial charge is 0.231 e. The van der Waals surface area contributed by atoms with Gasteiger partial charge in [0.15, 0.2) is 23.0 Å². The Morgan fingerprint density at radius 1 is 0.550 bits per heavy atom.